The number of carbonyl (C=O) groups is 1. The number of benzene rings is 1. The second-order valence-electron chi connectivity index (χ2n) is 7.39. The lowest BCUT2D eigenvalue weighted by atomic mass is 10.1. The minimum atomic E-state index is -4.46. The second kappa shape index (κ2) is 7.84. The van der Waals surface area contributed by atoms with Gasteiger partial charge in [0.05, 0.1) is 0 Å². The molecule has 1 amide bonds. The van der Waals surface area contributed by atoms with Crippen LogP contribution in [0, 0.1) is 0 Å². The van der Waals surface area contributed by atoms with Gasteiger partial charge in [-0.2, -0.15) is 13.2 Å². The van der Waals surface area contributed by atoms with E-state index in [-0.39, 0.29) is 23.8 Å². The molecule has 0 bridgehead atoms. The number of hydrogen-bond donors (Lipinski definition) is 1. The first kappa shape index (κ1) is 20.0. The Morgan fingerprint density at radius 1 is 1.10 bits per heavy atom. The van der Waals surface area contributed by atoms with Crippen LogP contribution in [-0.2, 0) is 6.18 Å². The predicted octanol–water partition coefficient (Wildman–Crippen LogP) is 3.76. The number of nitrogens with zero attached hydrogens (tertiary/aromatic N) is 3. The number of amides is 1. The first-order valence-electron chi connectivity index (χ1n) is 9.39. The van der Waals surface area contributed by atoms with Gasteiger partial charge in [0.2, 0.25) is 0 Å². The molecule has 0 spiro atoms. The van der Waals surface area contributed by atoms with Crippen LogP contribution in [-0.4, -0.2) is 59.0 Å². The van der Waals surface area contributed by atoms with Crippen LogP contribution in [0.5, 0.6) is 0 Å². The zero-order valence-corrected chi connectivity index (χ0v) is 16.2. The summed E-state index contributed by atoms with van der Waals surface area (Å²) in [6.45, 7) is 2.66. The number of aromatic nitrogens is 1. The van der Waals surface area contributed by atoms with Crippen LogP contribution in [0.25, 0.3) is 0 Å². The SMILES string of the molecule is O=C(c1ccc(Cl)cc1)N1CCN2C[C@@H](Nc3cccc(C(F)(F)F)n3)C[C@H]2C1. The van der Waals surface area contributed by atoms with Gasteiger partial charge in [0.25, 0.3) is 5.91 Å². The third-order valence-corrected chi connectivity index (χ3v) is 5.64. The summed E-state index contributed by atoms with van der Waals surface area (Å²) in [4.78, 5) is 20.5. The number of nitrogens with one attached hydrogen (secondary N) is 1. The van der Waals surface area contributed by atoms with E-state index in [2.05, 4.69) is 15.2 Å². The zero-order valence-electron chi connectivity index (χ0n) is 15.5. The molecule has 1 N–H and O–H groups in total. The van der Waals surface area contributed by atoms with E-state index in [1.165, 1.54) is 6.07 Å². The standard InChI is InChI=1S/C20H20ClF3N4O/c21-14-6-4-13(5-7-14)19(29)28-9-8-27-11-15(10-16(27)12-28)25-18-3-1-2-17(26-18)20(22,23)24/h1-7,15-16H,8-12H2,(H,25,26)/t15-,16-/m0/s1. The summed E-state index contributed by atoms with van der Waals surface area (Å²) in [5, 5.41) is 3.70. The largest absolute Gasteiger partial charge is 0.433 e. The first-order valence-corrected chi connectivity index (χ1v) is 9.77. The molecule has 0 saturated carbocycles. The highest BCUT2D eigenvalue weighted by atomic mass is 35.5. The van der Waals surface area contributed by atoms with E-state index in [9.17, 15) is 18.0 Å². The van der Waals surface area contributed by atoms with Crippen LogP contribution >= 0.6 is 11.6 Å². The molecular formula is C20H20ClF3N4O. The van der Waals surface area contributed by atoms with E-state index in [4.69, 9.17) is 11.6 Å². The zero-order chi connectivity index (χ0) is 20.6. The van der Waals surface area contributed by atoms with Crippen molar-refractivity contribution in [1.29, 1.82) is 0 Å². The highest BCUT2D eigenvalue weighted by Crippen LogP contribution is 2.29. The minimum Gasteiger partial charge on any atom is -0.366 e. The van der Waals surface area contributed by atoms with E-state index in [1.54, 1.807) is 30.3 Å². The topological polar surface area (TPSA) is 48.5 Å². The molecule has 9 heteroatoms. The fraction of sp³-hybridized carbons (Fsp3) is 0.400. The van der Waals surface area contributed by atoms with Gasteiger partial charge in [0.15, 0.2) is 0 Å². The van der Waals surface area contributed by atoms with Gasteiger partial charge in [0.1, 0.15) is 11.5 Å². The number of hydrogen-bond acceptors (Lipinski definition) is 4. The predicted molar refractivity (Wildman–Crippen MR) is 104 cm³/mol. The molecule has 1 aromatic heterocycles. The summed E-state index contributed by atoms with van der Waals surface area (Å²) >= 11 is 5.89. The van der Waals surface area contributed by atoms with Crippen LogP contribution in [0.3, 0.4) is 0 Å². The Morgan fingerprint density at radius 3 is 2.59 bits per heavy atom. The van der Waals surface area contributed by atoms with Gasteiger partial charge in [-0.05, 0) is 42.8 Å². The molecule has 0 radical (unpaired) electrons. The number of fused-ring (bicyclic) bond motifs is 1. The monoisotopic (exact) mass is 424 g/mol. The molecule has 0 unspecified atom stereocenters. The number of halogens is 4. The smallest absolute Gasteiger partial charge is 0.366 e. The van der Waals surface area contributed by atoms with Crippen molar-refractivity contribution in [3.05, 3.63) is 58.7 Å². The van der Waals surface area contributed by atoms with Crippen LogP contribution in [0.2, 0.25) is 5.02 Å². The molecule has 0 aliphatic carbocycles. The molecule has 5 nitrogen and oxygen atoms in total. The van der Waals surface area contributed by atoms with E-state index >= 15 is 0 Å². The van der Waals surface area contributed by atoms with Gasteiger partial charge >= 0.3 is 6.18 Å². The fourth-order valence-corrected chi connectivity index (χ4v) is 4.12. The Hall–Kier alpha value is -2.32. The molecule has 2 saturated heterocycles. The molecule has 4 rings (SSSR count). The molecule has 2 aliphatic heterocycles. The molecule has 2 aromatic rings. The van der Waals surface area contributed by atoms with Crippen molar-refractivity contribution in [2.24, 2.45) is 0 Å². The lowest BCUT2D eigenvalue weighted by Crippen LogP contribution is -2.52. The van der Waals surface area contributed by atoms with Crippen molar-refractivity contribution in [2.75, 3.05) is 31.5 Å². The van der Waals surface area contributed by atoms with Crippen molar-refractivity contribution >= 4 is 23.3 Å². The van der Waals surface area contributed by atoms with Crippen molar-refractivity contribution in [1.82, 2.24) is 14.8 Å². The Labute approximate surface area is 171 Å². The molecule has 2 atom stereocenters. The lowest BCUT2D eigenvalue weighted by molar-refractivity contribution is -0.141. The quantitative estimate of drug-likeness (QED) is 0.815. The number of rotatable bonds is 3. The maximum atomic E-state index is 12.9. The molecule has 2 aliphatic rings. The summed E-state index contributed by atoms with van der Waals surface area (Å²) < 4.78 is 38.6. The summed E-state index contributed by atoms with van der Waals surface area (Å²) in [5.74, 6) is 0.191. The van der Waals surface area contributed by atoms with Crippen molar-refractivity contribution in [2.45, 2.75) is 24.7 Å². The average molecular weight is 425 g/mol. The van der Waals surface area contributed by atoms with Gasteiger partial charge < -0.3 is 10.2 Å². The van der Waals surface area contributed by atoms with Gasteiger partial charge in [-0.15, -0.1) is 0 Å². The minimum absolute atomic E-state index is 0.0124. The van der Waals surface area contributed by atoms with Crippen LogP contribution < -0.4 is 5.32 Å². The Bertz CT molecular complexity index is 890. The summed E-state index contributed by atoms with van der Waals surface area (Å²) in [6.07, 6.45) is -3.73. The van der Waals surface area contributed by atoms with Crippen molar-refractivity contribution < 1.29 is 18.0 Å². The first-order chi connectivity index (χ1) is 13.8. The molecule has 2 fully saturated rings. The van der Waals surface area contributed by atoms with E-state index in [0.29, 0.717) is 30.2 Å². The summed E-state index contributed by atoms with van der Waals surface area (Å²) in [7, 11) is 0. The molecular weight excluding hydrogens is 405 g/mol. The maximum Gasteiger partial charge on any atom is 0.433 e. The van der Waals surface area contributed by atoms with Gasteiger partial charge in [-0.3, -0.25) is 9.69 Å². The number of alkyl halides is 3. The Kier molecular flexibility index (Phi) is 5.40. The highest BCUT2D eigenvalue weighted by Gasteiger charge is 2.38. The van der Waals surface area contributed by atoms with Crippen molar-refractivity contribution in [3.63, 3.8) is 0 Å². The average Bonchev–Trinajstić information content (AvgIpc) is 3.09. The van der Waals surface area contributed by atoms with Crippen LogP contribution in [0.1, 0.15) is 22.5 Å². The summed E-state index contributed by atoms with van der Waals surface area (Å²) in [6, 6.07) is 10.8. The lowest BCUT2D eigenvalue weighted by Gasteiger charge is -2.37. The van der Waals surface area contributed by atoms with Crippen LogP contribution in [0.4, 0.5) is 19.0 Å². The van der Waals surface area contributed by atoms with E-state index in [0.717, 1.165) is 19.0 Å². The number of pyridine rings is 1. The van der Waals surface area contributed by atoms with Gasteiger partial charge in [0, 0.05) is 48.8 Å². The second-order valence-corrected chi connectivity index (χ2v) is 7.83. The third kappa shape index (κ3) is 4.48. The number of piperazine rings is 1. The Balaban J connectivity index is 1.38. The number of carbonyl (C=O) groups excluding carboxylic acids is 1. The summed E-state index contributed by atoms with van der Waals surface area (Å²) in [5.41, 5.74) is -0.304. The van der Waals surface area contributed by atoms with Gasteiger partial charge in [-0.1, -0.05) is 17.7 Å². The van der Waals surface area contributed by atoms with E-state index in [1.807, 2.05) is 4.90 Å². The molecule has 29 heavy (non-hydrogen) atoms. The highest BCUT2D eigenvalue weighted by molar-refractivity contribution is 6.30. The molecule has 154 valence electrons. The fourth-order valence-electron chi connectivity index (χ4n) is 3.99. The molecule has 3 heterocycles. The van der Waals surface area contributed by atoms with E-state index < -0.39 is 11.9 Å². The van der Waals surface area contributed by atoms with Crippen molar-refractivity contribution in [3.8, 4) is 0 Å². The maximum absolute atomic E-state index is 12.9. The molecule has 1 aromatic carbocycles. The normalized spacial score (nSPS) is 22.4. The third-order valence-electron chi connectivity index (χ3n) is 5.39. The van der Waals surface area contributed by atoms with Crippen LogP contribution in [0.15, 0.2) is 42.5 Å². The Morgan fingerprint density at radius 2 is 1.86 bits per heavy atom. The number of anilines is 1. The van der Waals surface area contributed by atoms with Gasteiger partial charge in [-0.25, -0.2) is 4.98 Å².